The first kappa shape index (κ1) is 20.3. The molecule has 2 aliphatic rings. The molecule has 0 radical (unpaired) electrons. The number of methoxy groups -OCH3 is 1. The topological polar surface area (TPSA) is 59.3 Å². The lowest BCUT2D eigenvalue weighted by molar-refractivity contribution is 0.0501. The van der Waals surface area contributed by atoms with Crippen molar-refractivity contribution in [2.24, 2.45) is 5.92 Å². The zero-order chi connectivity index (χ0) is 20.2. The van der Waals surface area contributed by atoms with Gasteiger partial charge in [-0.2, -0.15) is 0 Å². The highest BCUT2D eigenvalue weighted by atomic mass is 16.5. The number of tetrazole rings is 1. The number of nitrogens with zero attached hydrogens (tertiary/aromatic N) is 6. The Labute approximate surface area is 174 Å². The molecule has 2 aromatic rings. The van der Waals surface area contributed by atoms with Gasteiger partial charge >= 0.3 is 0 Å². The van der Waals surface area contributed by atoms with E-state index >= 15 is 0 Å². The van der Waals surface area contributed by atoms with Crippen LogP contribution in [0.25, 0.3) is 0 Å². The van der Waals surface area contributed by atoms with Gasteiger partial charge in [-0.15, -0.1) is 5.10 Å². The van der Waals surface area contributed by atoms with Crippen molar-refractivity contribution >= 4 is 0 Å². The van der Waals surface area contributed by atoms with Gasteiger partial charge < -0.3 is 4.74 Å². The van der Waals surface area contributed by atoms with Gasteiger partial charge in [0.15, 0.2) is 5.82 Å². The van der Waals surface area contributed by atoms with E-state index in [0.29, 0.717) is 12.5 Å². The Balaban J connectivity index is 1.46. The predicted molar refractivity (Wildman–Crippen MR) is 113 cm³/mol. The lowest BCUT2D eigenvalue weighted by Crippen LogP contribution is -2.51. The van der Waals surface area contributed by atoms with E-state index in [9.17, 15) is 0 Å². The lowest BCUT2D eigenvalue weighted by Gasteiger charge is -2.42. The number of piperazine rings is 1. The Hall–Kier alpha value is -1.99. The number of aromatic nitrogens is 4. The fraction of sp³-hybridized carbons (Fsp3) is 0.682. The highest BCUT2D eigenvalue weighted by molar-refractivity contribution is 5.27. The summed E-state index contributed by atoms with van der Waals surface area (Å²) in [5.41, 5.74) is 1.17. The van der Waals surface area contributed by atoms with E-state index in [1.54, 1.807) is 7.11 Å². The number of hydrogen-bond donors (Lipinski definition) is 0. The van der Waals surface area contributed by atoms with Crippen LogP contribution in [0.1, 0.15) is 57.0 Å². The summed E-state index contributed by atoms with van der Waals surface area (Å²) in [4.78, 5) is 5.30. The highest BCUT2D eigenvalue weighted by Crippen LogP contribution is 2.30. The predicted octanol–water partition coefficient (Wildman–Crippen LogP) is 2.99. The standard InChI is InChI=1S/C22H34N6O/c1-17(2)21(27-14-12-26(13-15-27)19-6-4-5-7-19)22-23-24-25-28(22)16-18-8-10-20(29-3)11-9-18/h8-11,17,19,21H,4-7,12-16H2,1-3H3/t21-/m0/s1. The van der Waals surface area contributed by atoms with Crippen LogP contribution in [-0.2, 0) is 6.54 Å². The van der Waals surface area contributed by atoms with Crippen LogP contribution >= 0.6 is 0 Å². The molecule has 7 nitrogen and oxygen atoms in total. The summed E-state index contributed by atoms with van der Waals surface area (Å²) in [6.45, 7) is 9.74. The van der Waals surface area contributed by atoms with Crippen molar-refractivity contribution in [3.8, 4) is 5.75 Å². The van der Waals surface area contributed by atoms with E-state index in [1.807, 2.05) is 16.8 Å². The van der Waals surface area contributed by atoms with Crippen molar-refractivity contribution in [3.63, 3.8) is 0 Å². The molecule has 1 saturated carbocycles. The second-order valence-electron chi connectivity index (χ2n) is 8.74. The monoisotopic (exact) mass is 398 g/mol. The molecule has 1 atom stereocenters. The zero-order valence-electron chi connectivity index (χ0n) is 18.0. The molecule has 1 aromatic carbocycles. The number of ether oxygens (including phenoxy) is 1. The second kappa shape index (κ2) is 9.22. The summed E-state index contributed by atoms with van der Waals surface area (Å²) in [7, 11) is 1.69. The average Bonchev–Trinajstić information content (AvgIpc) is 3.42. The number of hydrogen-bond acceptors (Lipinski definition) is 6. The Morgan fingerprint density at radius 1 is 1.03 bits per heavy atom. The van der Waals surface area contributed by atoms with Crippen molar-refractivity contribution in [2.75, 3.05) is 33.3 Å². The first-order chi connectivity index (χ1) is 14.2. The summed E-state index contributed by atoms with van der Waals surface area (Å²) in [6, 6.07) is 9.19. The third-order valence-electron chi connectivity index (χ3n) is 6.53. The Kier molecular flexibility index (Phi) is 6.45. The van der Waals surface area contributed by atoms with Crippen LogP contribution in [0.5, 0.6) is 5.75 Å². The van der Waals surface area contributed by atoms with Crippen molar-refractivity contribution in [1.29, 1.82) is 0 Å². The summed E-state index contributed by atoms with van der Waals surface area (Å²) >= 11 is 0. The van der Waals surface area contributed by atoms with Crippen LogP contribution < -0.4 is 4.74 Å². The van der Waals surface area contributed by atoms with Gasteiger partial charge in [-0.3, -0.25) is 9.80 Å². The van der Waals surface area contributed by atoms with Crippen LogP contribution in [0.4, 0.5) is 0 Å². The third kappa shape index (κ3) is 4.61. The molecule has 0 spiro atoms. The van der Waals surface area contributed by atoms with Gasteiger partial charge in [-0.05, 0) is 46.9 Å². The molecule has 1 aromatic heterocycles. The van der Waals surface area contributed by atoms with Crippen molar-refractivity contribution in [3.05, 3.63) is 35.7 Å². The van der Waals surface area contributed by atoms with E-state index in [-0.39, 0.29) is 6.04 Å². The summed E-state index contributed by atoms with van der Waals surface area (Å²) in [6.07, 6.45) is 5.57. The smallest absolute Gasteiger partial charge is 0.169 e. The molecule has 0 bridgehead atoms. The Morgan fingerprint density at radius 3 is 2.34 bits per heavy atom. The van der Waals surface area contributed by atoms with Crippen LogP contribution in [0, 0.1) is 5.92 Å². The van der Waals surface area contributed by atoms with Gasteiger partial charge in [0.05, 0.1) is 19.7 Å². The first-order valence-corrected chi connectivity index (χ1v) is 11.0. The minimum Gasteiger partial charge on any atom is -0.497 e. The largest absolute Gasteiger partial charge is 0.497 e. The highest BCUT2D eigenvalue weighted by Gasteiger charge is 2.33. The normalized spacial score (nSPS) is 20.4. The van der Waals surface area contributed by atoms with Crippen LogP contribution in [-0.4, -0.2) is 69.3 Å². The van der Waals surface area contributed by atoms with Gasteiger partial charge in [-0.1, -0.05) is 38.8 Å². The minimum atomic E-state index is 0.244. The fourth-order valence-corrected chi connectivity index (χ4v) is 4.97. The molecule has 0 amide bonds. The zero-order valence-corrected chi connectivity index (χ0v) is 18.0. The summed E-state index contributed by atoms with van der Waals surface area (Å²) in [5.74, 6) is 2.30. The maximum absolute atomic E-state index is 5.26. The lowest BCUT2D eigenvalue weighted by atomic mass is 10.00. The number of rotatable bonds is 7. The van der Waals surface area contributed by atoms with Crippen LogP contribution in [0.2, 0.25) is 0 Å². The molecule has 0 N–H and O–H groups in total. The van der Waals surface area contributed by atoms with E-state index in [0.717, 1.165) is 43.8 Å². The van der Waals surface area contributed by atoms with Crippen molar-refractivity contribution < 1.29 is 4.74 Å². The van der Waals surface area contributed by atoms with Gasteiger partial charge in [0, 0.05) is 32.2 Å². The molecule has 7 heteroatoms. The Bertz CT molecular complexity index is 760. The fourth-order valence-electron chi connectivity index (χ4n) is 4.97. The van der Waals surface area contributed by atoms with Crippen molar-refractivity contribution in [2.45, 2.75) is 58.2 Å². The van der Waals surface area contributed by atoms with E-state index in [2.05, 4.69) is 51.3 Å². The Morgan fingerprint density at radius 2 is 1.72 bits per heavy atom. The maximum atomic E-state index is 5.26. The molecule has 1 aliphatic carbocycles. The summed E-state index contributed by atoms with van der Waals surface area (Å²) < 4.78 is 7.23. The SMILES string of the molecule is COc1ccc(Cn2nnnc2[C@H](C(C)C)N2CCN(C3CCCC3)CC2)cc1. The molecular weight excluding hydrogens is 364 g/mol. The van der Waals surface area contributed by atoms with Gasteiger partial charge in [0.1, 0.15) is 5.75 Å². The molecule has 0 unspecified atom stereocenters. The summed E-state index contributed by atoms with van der Waals surface area (Å²) in [5, 5.41) is 12.8. The third-order valence-corrected chi connectivity index (χ3v) is 6.53. The quantitative estimate of drug-likeness (QED) is 0.715. The minimum absolute atomic E-state index is 0.244. The van der Waals surface area contributed by atoms with Crippen LogP contribution in [0.15, 0.2) is 24.3 Å². The molecule has 2 heterocycles. The molecule has 1 saturated heterocycles. The van der Waals surface area contributed by atoms with E-state index in [4.69, 9.17) is 4.74 Å². The van der Waals surface area contributed by atoms with Gasteiger partial charge in [0.2, 0.25) is 0 Å². The van der Waals surface area contributed by atoms with Crippen molar-refractivity contribution in [1.82, 2.24) is 30.0 Å². The molecular formula is C22H34N6O. The van der Waals surface area contributed by atoms with E-state index in [1.165, 1.54) is 31.2 Å². The molecule has 1 aliphatic heterocycles. The second-order valence-corrected chi connectivity index (χ2v) is 8.74. The van der Waals surface area contributed by atoms with Gasteiger partial charge in [0.25, 0.3) is 0 Å². The maximum Gasteiger partial charge on any atom is 0.169 e. The molecule has 4 rings (SSSR count). The van der Waals surface area contributed by atoms with Gasteiger partial charge in [-0.25, -0.2) is 4.68 Å². The van der Waals surface area contributed by atoms with E-state index < -0.39 is 0 Å². The van der Waals surface area contributed by atoms with Crippen LogP contribution in [0.3, 0.4) is 0 Å². The molecule has 2 fully saturated rings. The molecule has 29 heavy (non-hydrogen) atoms. The number of benzene rings is 1. The first-order valence-electron chi connectivity index (χ1n) is 11.0. The average molecular weight is 399 g/mol. The molecule has 158 valence electrons.